The van der Waals surface area contributed by atoms with E-state index in [0.717, 1.165) is 53.2 Å². The molecule has 3 N–H and O–H groups in total. The number of fused-ring (bicyclic) bond motifs is 2. The summed E-state index contributed by atoms with van der Waals surface area (Å²) in [7, 11) is 0.913. The summed E-state index contributed by atoms with van der Waals surface area (Å²) in [5.41, 5.74) is 3.69. The maximum atomic E-state index is 15.4. The fraction of sp³-hybridized carbons (Fsp3) is 0.391. The number of rotatable bonds is 14. The largest absolute Gasteiger partial charge is 0.497 e. The van der Waals surface area contributed by atoms with E-state index in [2.05, 4.69) is 53.1 Å². The molecule has 3 aliphatic heterocycles. The summed E-state index contributed by atoms with van der Waals surface area (Å²) in [5, 5.41) is 26.8. The van der Waals surface area contributed by atoms with Crippen molar-refractivity contribution in [3.05, 3.63) is 126 Å². The lowest BCUT2D eigenvalue weighted by molar-refractivity contribution is -0.146. The van der Waals surface area contributed by atoms with Crippen LogP contribution in [0, 0.1) is 5.92 Å². The van der Waals surface area contributed by atoms with Gasteiger partial charge < -0.3 is 34.9 Å². The molecule has 59 heavy (non-hydrogen) atoms. The molecule has 1 spiro atoms. The Morgan fingerprint density at radius 2 is 1.75 bits per heavy atom. The zero-order valence-electron chi connectivity index (χ0n) is 34.4. The highest BCUT2D eigenvalue weighted by molar-refractivity contribution is 6.91. The van der Waals surface area contributed by atoms with Crippen LogP contribution in [0.1, 0.15) is 54.5 Å². The number of nitrogens with one attached hydrogen (secondary N) is 2. The van der Waals surface area contributed by atoms with Gasteiger partial charge in [-0.15, -0.1) is 5.10 Å². The first-order valence-electron chi connectivity index (χ1n) is 20.6. The first-order valence-corrected chi connectivity index (χ1v) is 23.7. The number of anilines is 2. The van der Waals surface area contributed by atoms with E-state index in [-0.39, 0.29) is 47.9 Å². The average molecular weight is 815 g/mol. The number of hydrogen-bond acceptors (Lipinski definition) is 9. The Hall–Kier alpha value is -5.34. The smallest absolute Gasteiger partial charge is 0.264 e. The van der Waals surface area contributed by atoms with E-state index in [1.807, 2.05) is 101 Å². The van der Waals surface area contributed by atoms with Gasteiger partial charge in [0.05, 0.1) is 64.9 Å². The standard InChI is InChI=1S/C46H54N6O6Si/c1-30-43(59(4,5)36-20-17-34(56-2)18-21-36)42(23-25-51-28-40(49-50-51)37(29-53)32-10-7-6-8-11-32)58-46(30)38-26-35(57-3)19-22-41(38)52(45(46)55)27-31-13-15-33(16-14-31)48-44(54)39-12-9-24-47-39/h6-8,10-11,13-22,26,28,30,37,39,42-43,47,53H,9,12,23-25,27,29H2,1-5H3,(H,48,54)/t30-,37?,39+,42+,43-,46+/m0/s1. The molecular weight excluding hydrogens is 761 g/mol. The van der Waals surface area contributed by atoms with Crippen molar-refractivity contribution in [2.24, 2.45) is 5.92 Å². The highest BCUT2D eigenvalue weighted by Gasteiger charge is 2.66. The first-order chi connectivity index (χ1) is 28.6. The number of benzene rings is 4. The number of aliphatic hydroxyl groups excluding tert-OH is 1. The summed E-state index contributed by atoms with van der Waals surface area (Å²) in [5.74, 6) is 0.834. The van der Waals surface area contributed by atoms with Gasteiger partial charge in [-0.25, -0.2) is 0 Å². The zero-order chi connectivity index (χ0) is 41.3. The van der Waals surface area contributed by atoms with Gasteiger partial charge in [0.2, 0.25) is 5.91 Å². The van der Waals surface area contributed by atoms with E-state index in [1.54, 1.807) is 14.2 Å². The van der Waals surface area contributed by atoms with Crippen LogP contribution in [0.4, 0.5) is 11.4 Å². The van der Waals surface area contributed by atoms with E-state index >= 15 is 4.79 Å². The van der Waals surface area contributed by atoms with Gasteiger partial charge >= 0.3 is 0 Å². The third-order valence-corrected chi connectivity index (χ3v) is 17.3. The second-order valence-corrected chi connectivity index (χ2v) is 21.3. The number of aromatic nitrogens is 3. The van der Waals surface area contributed by atoms with Crippen LogP contribution in [-0.4, -0.2) is 79.5 Å². The topological polar surface area (TPSA) is 140 Å². The molecule has 308 valence electrons. The zero-order valence-corrected chi connectivity index (χ0v) is 35.4. The van der Waals surface area contributed by atoms with Gasteiger partial charge in [-0.05, 0) is 84.9 Å². The molecule has 2 amide bonds. The highest BCUT2D eigenvalue weighted by Crippen LogP contribution is 2.60. The fourth-order valence-electron chi connectivity index (χ4n) is 9.76. The van der Waals surface area contributed by atoms with Crippen LogP contribution in [-0.2, 0) is 33.0 Å². The van der Waals surface area contributed by atoms with E-state index in [9.17, 15) is 9.90 Å². The molecule has 2 saturated heterocycles. The Bertz CT molecular complexity index is 2260. The third kappa shape index (κ3) is 7.56. The van der Waals surface area contributed by atoms with Gasteiger partial charge in [0, 0.05) is 29.9 Å². The molecule has 0 aliphatic carbocycles. The van der Waals surface area contributed by atoms with E-state index in [1.165, 1.54) is 5.19 Å². The number of nitrogens with zero attached hydrogens (tertiary/aromatic N) is 4. The van der Waals surface area contributed by atoms with Crippen LogP contribution in [0.15, 0.2) is 103 Å². The van der Waals surface area contributed by atoms with Crippen LogP contribution in [0.5, 0.6) is 11.5 Å². The van der Waals surface area contributed by atoms with E-state index in [4.69, 9.17) is 14.2 Å². The molecule has 3 aliphatic rings. The van der Waals surface area contributed by atoms with Crippen molar-refractivity contribution in [2.45, 2.75) is 81.6 Å². The Morgan fingerprint density at radius 3 is 2.42 bits per heavy atom. The SMILES string of the molecule is COc1ccc([Si](C)(C)[C@@H]2[C@@H](CCn3cc(C(CO)c4ccccc4)nn3)O[C@]3(C(=O)N(Cc4ccc(NC(=O)[C@H]5CCCN5)cc4)c4ccc(OC)cc43)[C@H]2C)cc1. The normalized spacial score (nSPS) is 23.1. The number of ether oxygens (including phenoxy) is 3. The monoisotopic (exact) mass is 814 g/mol. The van der Waals surface area contributed by atoms with Crippen LogP contribution < -0.4 is 30.2 Å². The summed E-state index contributed by atoms with van der Waals surface area (Å²) in [6.07, 6.45) is 4.02. The van der Waals surface area contributed by atoms with Gasteiger partial charge in [0.15, 0.2) is 5.60 Å². The van der Waals surface area contributed by atoms with Crippen LogP contribution >= 0.6 is 0 Å². The van der Waals surface area contributed by atoms with Crippen molar-refractivity contribution in [1.82, 2.24) is 20.3 Å². The summed E-state index contributed by atoms with van der Waals surface area (Å²) >= 11 is 0. The molecule has 0 bridgehead atoms. The lowest BCUT2D eigenvalue weighted by Gasteiger charge is -2.37. The predicted molar refractivity (Wildman–Crippen MR) is 230 cm³/mol. The molecule has 0 radical (unpaired) electrons. The number of amides is 2. The van der Waals surface area contributed by atoms with Crippen LogP contribution in [0.3, 0.4) is 0 Å². The Labute approximate surface area is 346 Å². The third-order valence-electron chi connectivity index (χ3n) is 12.9. The van der Waals surface area contributed by atoms with Crippen molar-refractivity contribution in [3.8, 4) is 11.5 Å². The molecule has 13 heteroatoms. The van der Waals surface area contributed by atoms with Crippen molar-refractivity contribution in [3.63, 3.8) is 0 Å². The molecule has 0 saturated carbocycles. The Kier molecular flexibility index (Phi) is 11.5. The average Bonchev–Trinajstić information content (AvgIpc) is 4.07. The summed E-state index contributed by atoms with van der Waals surface area (Å²) < 4.78 is 20.5. The minimum Gasteiger partial charge on any atom is -0.497 e. The van der Waals surface area contributed by atoms with Gasteiger partial charge in [-0.2, -0.15) is 0 Å². The van der Waals surface area contributed by atoms with Crippen molar-refractivity contribution in [1.29, 1.82) is 0 Å². The molecular formula is C46H54N6O6Si. The number of carbonyl (C=O) groups is 2. The summed E-state index contributed by atoms with van der Waals surface area (Å²) in [6, 6.07) is 31.6. The summed E-state index contributed by atoms with van der Waals surface area (Å²) in [6.45, 7) is 8.54. The molecule has 4 aromatic carbocycles. The number of aliphatic hydroxyl groups is 1. The maximum absolute atomic E-state index is 15.4. The minimum absolute atomic E-state index is 0.0219. The van der Waals surface area contributed by atoms with Gasteiger partial charge in [-0.1, -0.05) is 85.0 Å². The van der Waals surface area contributed by atoms with Crippen molar-refractivity contribution >= 4 is 36.4 Å². The molecule has 6 atom stereocenters. The van der Waals surface area contributed by atoms with E-state index < -0.39 is 13.7 Å². The highest BCUT2D eigenvalue weighted by atomic mass is 28.3. The molecule has 2 fully saturated rings. The van der Waals surface area contributed by atoms with Crippen LogP contribution in [0.2, 0.25) is 18.6 Å². The van der Waals surface area contributed by atoms with Crippen molar-refractivity contribution in [2.75, 3.05) is 37.6 Å². The van der Waals surface area contributed by atoms with Crippen LogP contribution in [0.25, 0.3) is 0 Å². The summed E-state index contributed by atoms with van der Waals surface area (Å²) in [4.78, 5) is 30.0. The number of aryl methyl sites for hydroxylation is 1. The molecule has 12 nitrogen and oxygen atoms in total. The first kappa shape index (κ1) is 40.4. The maximum Gasteiger partial charge on any atom is 0.264 e. The quantitative estimate of drug-likeness (QED) is 0.116. The van der Waals surface area contributed by atoms with Crippen molar-refractivity contribution < 1.29 is 28.9 Å². The molecule has 8 rings (SSSR count). The second-order valence-electron chi connectivity index (χ2n) is 16.6. The number of carbonyl (C=O) groups excluding carboxylic acids is 2. The molecule has 1 aromatic heterocycles. The fourth-order valence-corrected chi connectivity index (χ4v) is 13.8. The Morgan fingerprint density at radius 1 is 1.02 bits per heavy atom. The second kappa shape index (κ2) is 16.7. The lowest BCUT2D eigenvalue weighted by atomic mass is 9.82. The molecule has 1 unspecified atom stereocenters. The number of hydrogen-bond donors (Lipinski definition) is 3. The molecule has 5 aromatic rings. The predicted octanol–water partition coefficient (Wildman–Crippen LogP) is 5.96. The lowest BCUT2D eigenvalue weighted by Crippen LogP contribution is -2.51. The molecule has 4 heterocycles. The van der Waals surface area contributed by atoms with Gasteiger partial charge in [0.25, 0.3) is 5.91 Å². The number of methoxy groups -OCH3 is 2. The van der Waals surface area contributed by atoms with Gasteiger partial charge in [0.1, 0.15) is 11.5 Å². The Balaban J connectivity index is 1.11. The van der Waals surface area contributed by atoms with Gasteiger partial charge in [-0.3, -0.25) is 14.3 Å². The minimum atomic E-state index is -2.40. The van der Waals surface area contributed by atoms with E-state index in [0.29, 0.717) is 31.0 Å².